The van der Waals surface area contributed by atoms with Crippen molar-refractivity contribution in [2.24, 2.45) is 0 Å². The number of aryl methyl sites for hydroxylation is 1. The minimum absolute atomic E-state index is 0.0152. The number of carbonyl (C=O) groups excluding carboxylic acids is 1. The summed E-state index contributed by atoms with van der Waals surface area (Å²) in [5.41, 5.74) is 1.95. The van der Waals surface area contributed by atoms with Gasteiger partial charge in [-0.15, -0.1) is 11.8 Å². The summed E-state index contributed by atoms with van der Waals surface area (Å²) >= 11 is 1.55. The van der Waals surface area contributed by atoms with Crippen LogP contribution < -0.4 is 5.32 Å². The number of thioether (sulfide) groups is 1. The van der Waals surface area contributed by atoms with Crippen molar-refractivity contribution in [1.82, 2.24) is 4.98 Å². The quantitative estimate of drug-likeness (QED) is 0.866. The maximum atomic E-state index is 12.0. The van der Waals surface area contributed by atoms with Gasteiger partial charge in [0.2, 0.25) is 5.91 Å². The third-order valence-corrected chi connectivity index (χ3v) is 3.74. The first-order valence-electron chi connectivity index (χ1n) is 6.09. The molecule has 2 rings (SSSR count). The lowest BCUT2D eigenvalue weighted by atomic mass is 10.2. The number of nitrogens with zero attached hydrogens (tertiary/aromatic N) is 1. The van der Waals surface area contributed by atoms with E-state index in [0.717, 1.165) is 10.6 Å². The minimum atomic E-state index is -0.150. The van der Waals surface area contributed by atoms with Crippen molar-refractivity contribution < 1.29 is 4.79 Å². The van der Waals surface area contributed by atoms with E-state index < -0.39 is 0 Å². The summed E-state index contributed by atoms with van der Waals surface area (Å²) in [5.74, 6) is -0.0152. The first kappa shape index (κ1) is 13.6. The van der Waals surface area contributed by atoms with E-state index in [2.05, 4.69) is 10.3 Å². The van der Waals surface area contributed by atoms with Crippen molar-refractivity contribution in [3.63, 3.8) is 0 Å². The highest BCUT2D eigenvalue weighted by atomic mass is 32.2. The van der Waals surface area contributed by atoms with Crippen molar-refractivity contribution >= 4 is 23.4 Å². The molecule has 0 radical (unpaired) electrons. The van der Waals surface area contributed by atoms with E-state index in [1.54, 1.807) is 30.2 Å². The van der Waals surface area contributed by atoms with Crippen LogP contribution >= 0.6 is 11.8 Å². The van der Waals surface area contributed by atoms with Crippen LogP contribution in [0.15, 0.2) is 53.7 Å². The topological polar surface area (TPSA) is 42.0 Å². The summed E-state index contributed by atoms with van der Waals surface area (Å²) in [6, 6.07) is 11.8. The Bertz CT molecular complexity index is 540. The molecule has 1 amide bonds. The largest absolute Gasteiger partial charge is 0.324 e. The van der Waals surface area contributed by atoms with Crippen LogP contribution in [0.3, 0.4) is 0 Å². The van der Waals surface area contributed by atoms with E-state index in [4.69, 9.17) is 0 Å². The molecule has 19 heavy (non-hydrogen) atoms. The number of amides is 1. The third kappa shape index (κ3) is 4.10. The lowest BCUT2D eigenvalue weighted by Gasteiger charge is -2.11. The van der Waals surface area contributed by atoms with Gasteiger partial charge < -0.3 is 5.32 Å². The predicted molar refractivity (Wildman–Crippen MR) is 79.4 cm³/mol. The maximum Gasteiger partial charge on any atom is 0.237 e. The molecule has 1 N–H and O–H groups in total. The van der Waals surface area contributed by atoms with Gasteiger partial charge in [-0.25, -0.2) is 0 Å². The van der Waals surface area contributed by atoms with Gasteiger partial charge in [0, 0.05) is 11.1 Å². The Balaban J connectivity index is 1.94. The fourth-order valence-corrected chi connectivity index (χ4v) is 2.42. The van der Waals surface area contributed by atoms with Crippen LogP contribution in [0.25, 0.3) is 0 Å². The molecule has 0 aliphatic heterocycles. The lowest BCUT2D eigenvalue weighted by Crippen LogP contribution is -2.22. The fraction of sp³-hybridized carbons (Fsp3) is 0.200. The zero-order valence-corrected chi connectivity index (χ0v) is 11.8. The molecule has 1 aromatic carbocycles. The maximum absolute atomic E-state index is 12.0. The number of benzene rings is 1. The second kappa shape index (κ2) is 6.38. The summed E-state index contributed by atoms with van der Waals surface area (Å²) < 4.78 is 0. The van der Waals surface area contributed by atoms with Crippen molar-refractivity contribution in [1.29, 1.82) is 0 Å². The molecule has 3 nitrogen and oxygen atoms in total. The van der Waals surface area contributed by atoms with E-state index in [1.165, 1.54) is 5.56 Å². The van der Waals surface area contributed by atoms with Crippen molar-refractivity contribution in [2.45, 2.75) is 24.0 Å². The number of pyridine rings is 1. The fourth-order valence-electron chi connectivity index (χ4n) is 1.56. The number of hydrogen-bond donors (Lipinski definition) is 1. The summed E-state index contributed by atoms with van der Waals surface area (Å²) in [6.45, 7) is 3.95. The van der Waals surface area contributed by atoms with Gasteiger partial charge >= 0.3 is 0 Å². The summed E-state index contributed by atoms with van der Waals surface area (Å²) in [4.78, 5) is 17.1. The number of nitrogens with one attached hydrogen (secondary N) is 1. The van der Waals surface area contributed by atoms with Gasteiger partial charge in [0.1, 0.15) is 0 Å². The number of hydrogen-bond acceptors (Lipinski definition) is 3. The number of rotatable bonds is 4. The Morgan fingerprint density at radius 1 is 1.26 bits per heavy atom. The Labute approximate surface area is 117 Å². The van der Waals surface area contributed by atoms with Gasteiger partial charge in [-0.2, -0.15) is 0 Å². The molecule has 0 aliphatic rings. The van der Waals surface area contributed by atoms with Crippen molar-refractivity contribution in [2.75, 3.05) is 5.32 Å². The highest BCUT2D eigenvalue weighted by Crippen LogP contribution is 2.24. The average molecular weight is 272 g/mol. The third-order valence-electron chi connectivity index (χ3n) is 2.63. The normalized spacial score (nSPS) is 11.9. The van der Waals surface area contributed by atoms with E-state index in [9.17, 15) is 4.79 Å². The monoisotopic (exact) mass is 272 g/mol. The first-order valence-corrected chi connectivity index (χ1v) is 6.97. The zero-order chi connectivity index (χ0) is 13.7. The van der Waals surface area contributed by atoms with Crippen molar-refractivity contribution in [3.05, 3.63) is 54.4 Å². The first-order chi connectivity index (χ1) is 9.15. The predicted octanol–water partition coefficient (Wildman–Crippen LogP) is 3.51. The smallest absolute Gasteiger partial charge is 0.237 e. The van der Waals surface area contributed by atoms with Crippen LogP contribution in [-0.2, 0) is 4.79 Å². The molecule has 1 atom stereocenters. The van der Waals surface area contributed by atoms with Crippen molar-refractivity contribution in [3.8, 4) is 0 Å². The summed E-state index contributed by atoms with van der Waals surface area (Å²) in [7, 11) is 0. The molecule has 0 unspecified atom stereocenters. The molecule has 1 aromatic heterocycles. The Morgan fingerprint density at radius 2 is 2.00 bits per heavy atom. The molecule has 0 fully saturated rings. The molecule has 2 aromatic rings. The molecular formula is C15H16N2OS. The molecule has 98 valence electrons. The molecular weight excluding hydrogens is 256 g/mol. The van der Waals surface area contributed by atoms with Gasteiger partial charge in [-0.3, -0.25) is 9.78 Å². The van der Waals surface area contributed by atoms with Crippen LogP contribution in [0.4, 0.5) is 5.69 Å². The SMILES string of the molecule is Cc1ccc(S[C@H](C)C(=O)Nc2cccnc2)cc1. The van der Waals surface area contributed by atoms with E-state index in [0.29, 0.717) is 0 Å². The molecule has 4 heteroatoms. The minimum Gasteiger partial charge on any atom is -0.324 e. The summed E-state index contributed by atoms with van der Waals surface area (Å²) in [6.07, 6.45) is 3.32. The Hall–Kier alpha value is -1.81. The molecule has 0 saturated carbocycles. The Kier molecular flexibility index (Phi) is 4.58. The molecule has 0 spiro atoms. The second-order valence-electron chi connectivity index (χ2n) is 4.30. The highest BCUT2D eigenvalue weighted by molar-refractivity contribution is 8.00. The van der Waals surface area contributed by atoms with Gasteiger partial charge in [0.15, 0.2) is 0 Å². The van der Waals surface area contributed by atoms with Crippen LogP contribution in [0.5, 0.6) is 0 Å². The lowest BCUT2D eigenvalue weighted by molar-refractivity contribution is -0.115. The van der Waals surface area contributed by atoms with Crippen LogP contribution in [0.1, 0.15) is 12.5 Å². The van der Waals surface area contributed by atoms with Crippen LogP contribution in [0, 0.1) is 6.92 Å². The average Bonchev–Trinajstić information content (AvgIpc) is 2.42. The Morgan fingerprint density at radius 3 is 2.63 bits per heavy atom. The number of aromatic nitrogens is 1. The van der Waals surface area contributed by atoms with E-state index >= 15 is 0 Å². The van der Waals surface area contributed by atoms with E-state index in [1.807, 2.05) is 44.2 Å². The van der Waals surface area contributed by atoms with Gasteiger partial charge in [0.25, 0.3) is 0 Å². The zero-order valence-electron chi connectivity index (χ0n) is 11.0. The van der Waals surface area contributed by atoms with Gasteiger partial charge in [-0.1, -0.05) is 17.7 Å². The van der Waals surface area contributed by atoms with Gasteiger partial charge in [0.05, 0.1) is 17.1 Å². The number of carbonyl (C=O) groups is 1. The highest BCUT2D eigenvalue weighted by Gasteiger charge is 2.14. The summed E-state index contributed by atoms with van der Waals surface area (Å²) in [5, 5.41) is 2.70. The number of anilines is 1. The van der Waals surface area contributed by atoms with Crippen LogP contribution in [0.2, 0.25) is 0 Å². The molecule has 0 aliphatic carbocycles. The molecule has 1 heterocycles. The van der Waals surface area contributed by atoms with Gasteiger partial charge in [-0.05, 0) is 38.1 Å². The molecule has 0 saturated heterocycles. The molecule has 0 bridgehead atoms. The standard InChI is InChI=1S/C15H16N2OS/c1-11-5-7-14(8-6-11)19-12(2)15(18)17-13-4-3-9-16-10-13/h3-10,12H,1-2H3,(H,17,18)/t12-/m1/s1. The second-order valence-corrected chi connectivity index (χ2v) is 5.72. The van der Waals surface area contributed by atoms with Crippen LogP contribution in [-0.4, -0.2) is 16.1 Å². The van der Waals surface area contributed by atoms with E-state index in [-0.39, 0.29) is 11.2 Å².